The van der Waals surface area contributed by atoms with Crippen LogP contribution in [0, 0.1) is 0 Å². The number of aliphatic carboxylic acids is 1. The standard InChI is InChI=1S/C52H80N2O22S3/c1-42-39-43(46-11-9-44(40-49(46)76-42)53(15-6-38-78(60,61)62)16-19-68-24-27-72-32-35-74-30-29-70-22-21-66-3)7-4-8-50-52(2,14-5-37-77(57,58)59)47-41-45(79(63,64)65)10-12-48(47)54(50)17-20-69-25-28-73-33-36-75-34-31-71-26-23-67-18-13-51(55)56/h4,7-12,39-42H,5-6,13-38H2,1-3H3,(H,55,56)(H,57,58,59)(H,60,61,62)(H,63,64,65)/b7-4+,50-8+. The Morgan fingerprint density at radius 1 is 0.671 bits per heavy atom. The number of fused-ring (bicyclic) bond motifs is 2. The molecule has 2 aliphatic rings. The molecular weight excluding hydrogens is 1100 g/mol. The van der Waals surface area contributed by atoms with Crippen LogP contribution in [-0.2, 0) is 87.9 Å². The van der Waals surface area contributed by atoms with E-state index >= 15 is 0 Å². The lowest BCUT2D eigenvalue weighted by atomic mass is 9.77. The molecular formula is C52H80N2O22S3. The molecule has 0 bridgehead atoms. The number of carboxylic acids is 1. The van der Waals surface area contributed by atoms with E-state index in [2.05, 4.69) is 0 Å². The number of nitrogens with zero attached hydrogens (tertiary/aromatic N) is 2. The Kier molecular flexibility index (Phi) is 30.4. The first-order valence-electron chi connectivity index (χ1n) is 26.1. The monoisotopic (exact) mass is 1180 g/mol. The van der Waals surface area contributed by atoms with Gasteiger partial charge in [0.1, 0.15) is 11.9 Å². The average Bonchev–Trinajstić information content (AvgIpc) is 3.88. The maximum atomic E-state index is 12.4. The van der Waals surface area contributed by atoms with Gasteiger partial charge >= 0.3 is 5.97 Å². The highest BCUT2D eigenvalue weighted by Gasteiger charge is 2.44. The number of hydrogen-bond acceptors (Lipinski definition) is 20. The SMILES string of the molecule is COCCOCCOCCOCCOCCN(CCCS(=O)(=O)O)c1ccc2c(c1)OC(C)C=C2/C=C/C=C1/N(CCOCCOCCOCCOCCOCCC(=O)O)c2ccc(S(=O)(=O)O)cc2C1(C)CCCS(=O)(=O)O. The minimum atomic E-state index is -4.64. The van der Waals surface area contributed by atoms with Crippen LogP contribution in [0.1, 0.15) is 50.7 Å². The van der Waals surface area contributed by atoms with Gasteiger partial charge in [-0.3, -0.25) is 18.5 Å². The zero-order valence-corrected chi connectivity index (χ0v) is 47.9. The van der Waals surface area contributed by atoms with Crippen LogP contribution in [0.5, 0.6) is 5.75 Å². The van der Waals surface area contributed by atoms with Crippen molar-refractivity contribution < 1.29 is 101 Å². The largest absolute Gasteiger partial charge is 0.486 e. The van der Waals surface area contributed by atoms with Gasteiger partial charge in [0.2, 0.25) is 0 Å². The summed E-state index contributed by atoms with van der Waals surface area (Å²) in [7, 11) is -11.6. The van der Waals surface area contributed by atoms with E-state index in [1.807, 2.05) is 66.2 Å². The predicted molar refractivity (Wildman–Crippen MR) is 293 cm³/mol. The molecule has 0 fully saturated rings. The molecule has 0 aliphatic carbocycles. The summed E-state index contributed by atoms with van der Waals surface area (Å²) in [6, 6.07) is 9.90. The van der Waals surface area contributed by atoms with E-state index in [0.717, 1.165) is 16.8 Å². The first-order valence-corrected chi connectivity index (χ1v) is 30.7. The maximum Gasteiger partial charge on any atom is 0.305 e. The van der Waals surface area contributed by atoms with Crippen molar-refractivity contribution in [1.29, 1.82) is 0 Å². The zero-order valence-electron chi connectivity index (χ0n) is 45.4. The van der Waals surface area contributed by atoms with Gasteiger partial charge in [-0.25, -0.2) is 0 Å². The van der Waals surface area contributed by atoms with Crippen molar-refractivity contribution in [2.45, 2.75) is 55.9 Å². The van der Waals surface area contributed by atoms with E-state index in [1.165, 1.54) is 12.1 Å². The molecule has 0 amide bonds. The summed E-state index contributed by atoms with van der Waals surface area (Å²) in [6.45, 7) is 11.1. The first kappa shape index (κ1) is 67.4. The fourth-order valence-corrected chi connectivity index (χ4v) is 10.0. The molecule has 2 unspecified atom stereocenters. The highest BCUT2D eigenvalue weighted by atomic mass is 32.2. The number of allylic oxidation sites excluding steroid dienone is 5. The Morgan fingerprint density at radius 2 is 1.19 bits per heavy atom. The van der Waals surface area contributed by atoms with Crippen LogP contribution in [0.4, 0.5) is 11.4 Å². The van der Waals surface area contributed by atoms with Crippen LogP contribution in [-0.4, -0.2) is 220 Å². The molecule has 0 aromatic heterocycles. The lowest BCUT2D eigenvalue weighted by Crippen LogP contribution is -2.31. The topological polar surface area (TPSA) is 308 Å². The van der Waals surface area contributed by atoms with Gasteiger partial charge in [0.25, 0.3) is 30.4 Å². The van der Waals surface area contributed by atoms with Crippen LogP contribution >= 0.6 is 0 Å². The Balaban J connectivity index is 1.44. The maximum absolute atomic E-state index is 12.4. The highest BCUT2D eigenvalue weighted by molar-refractivity contribution is 7.86. The van der Waals surface area contributed by atoms with Crippen molar-refractivity contribution >= 4 is 53.3 Å². The van der Waals surface area contributed by atoms with Crippen LogP contribution in [0.2, 0.25) is 0 Å². The summed E-state index contributed by atoms with van der Waals surface area (Å²) >= 11 is 0. The summed E-state index contributed by atoms with van der Waals surface area (Å²) in [5.41, 5.74) is 3.08. The number of hydrogen-bond donors (Lipinski definition) is 4. The van der Waals surface area contributed by atoms with Gasteiger partial charge < -0.3 is 67.0 Å². The van der Waals surface area contributed by atoms with Crippen LogP contribution in [0.15, 0.2) is 71.3 Å². The Morgan fingerprint density at radius 3 is 1.72 bits per heavy atom. The van der Waals surface area contributed by atoms with Crippen molar-refractivity contribution in [2.75, 3.05) is 174 Å². The Hall–Kier alpha value is -4.14. The molecule has 24 nitrogen and oxygen atoms in total. The fraction of sp³-hybridized carbons (Fsp3) is 0.635. The summed E-state index contributed by atoms with van der Waals surface area (Å²) in [5.74, 6) is -1.33. The number of benzene rings is 2. The lowest BCUT2D eigenvalue weighted by Gasteiger charge is -2.30. The predicted octanol–water partition coefficient (Wildman–Crippen LogP) is 4.34. The molecule has 79 heavy (non-hydrogen) atoms. The quantitative estimate of drug-likeness (QED) is 0.0529. The molecule has 4 N–H and O–H groups in total. The normalized spacial score (nSPS) is 17.1. The van der Waals surface area contributed by atoms with E-state index in [-0.39, 0.29) is 82.8 Å². The third-order valence-corrected chi connectivity index (χ3v) is 14.7. The molecule has 0 radical (unpaired) electrons. The lowest BCUT2D eigenvalue weighted by molar-refractivity contribution is -0.138. The van der Waals surface area contributed by atoms with Crippen molar-refractivity contribution in [3.63, 3.8) is 0 Å². The first-order chi connectivity index (χ1) is 37.7. The molecule has 2 aromatic rings. The van der Waals surface area contributed by atoms with E-state index in [0.29, 0.717) is 122 Å². The minimum absolute atomic E-state index is 0.0159. The third kappa shape index (κ3) is 26.1. The number of methoxy groups -OCH3 is 1. The second kappa shape index (κ2) is 35.7. The fourth-order valence-electron chi connectivity index (χ4n) is 8.50. The third-order valence-electron chi connectivity index (χ3n) is 12.3. The van der Waals surface area contributed by atoms with Crippen molar-refractivity contribution in [3.05, 3.63) is 77.5 Å². The Labute approximate surface area is 465 Å². The van der Waals surface area contributed by atoms with Gasteiger partial charge in [-0.2, -0.15) is 25.3 Å². The second-order valence-corrected chi connectivity index (χ2v) is 22.9. The molecule has 2 aliphatic heterocycles. The van der Waals surface area contributed by atoms with Crippen LogP contribution in [0.25, 0.3) is 5.57 Å². The van der Waals surface area contributed by atoms with E-state index in [9.17, 15) is 43.7 Å². The number of rotatable bonds is 45. The number of carbonyl (C=O) groups is 1. The van der Waals surface area contributed by atoms with E-state index < -0.39 is 53.2 Å². The molecule has 2 aromatic carbocycles. The highest BCUT2D eigenvalue weighted by Crippen LogP contribution is 2.51. The number of carboxylic acid groups (broad SMARTS) is 1. The van der Waals surface area contributed by atoms with Crippen LogP contribution < -0.4 is 14.5 Å². The van der Waals surface area contributed by atoms with Gasteiger partial charge in [-0.05, 0) is 86.7 Å². The molecule has 0 saturated heterocycles. The smallest absolute Gasteiger partial charge is 0.305 e. The number of anilines is 2. The average molecular weight is 1180 g/mol. The van der Waals surface area contributed by atoms with Gasteiger partial charge in [0.05, 0.1) is 148 Å². The molecule has 448 valence electrons. The Bertz CT molecular complexity index is 2580. The molecule has 4 rings (SSSR count). The summed E-state index contributed by atoms with van der Waals surface area (Å²) in [5, 5.41) is 8.64. The van der Waals surface area contributed by atoms with Crippen molar-refractivity contribution in [1.82, 2.24) is 0 Å². The van der Waals surface area contributed by atoms with Crippen molar-refractivity contribution in [3.8, 4) is 5.75 Å². The molecule has 2 atom stereocenters. The van der Waals surface area contributed by atoms with Crippen LogP contribution in [0.3, 0.4) is 0 Å². The van der Waals surface area contributed by atoms with Gasteiger partial charge in [-0.1, -0.05) is 12.2 Å². The summed E-state index contributed by atoms with van der Waals surface area (Å²) in [4.78, 5) is 14.1. The van der Waals surface area contributed by atoms with Crippen molar-refractivity contribution in [2.24, 2.45) is 0 Å². The zero-order chi connectivity index (χ0) is 57.6. The van der Waals surface area contributed by atoms with Gasteiger partial charge in [0, 0.05) is 60.9 Å². The minimum Gasteiger partial charge on any atom is -0.486 e. The van der Waals surface area contributed by atoms with Gasteiger partial charge in [-0.15, -0.1) is 0 Å². The van der Waals surface area contributed by atoms with E-state index in [1.54, 1.807) is 13.2 Å². The molecule has 0 spiro atoms. The summed E-state index contributed by atoms with van der Waals surface area (Å²) < 4.78 is 162. The molecule has 2 heterocycles. The number of ether oxygens (including phenoxy) is 11. The summed E-state index contributed by atoms with van der Waals surface area (Å²) in [6.07, 6.45) is 7.42. The second-order valence-electron chi connectivity index (χ2n) is 18.3. The van der Waals surface area contributed by atoms with Gasteiger partial charge in [0.15, 0.2) is 0 Å². The molecule has 0 saturated carbocycles. The molecule has 27 heteroatoms. The van der Waals surface area contributed by atoms with E-state index in [4.69, 9.17) is 57.2 Å².